The maximum Gasteiger partial charge on any atom is 0.229 e. The summed E-state index contributed by atoms with van der Waals surface area (Å²) in [5.74, 6) is -0.224. The van der Waals surface area contributed by atoms with Crippen molar-refractivity contribution in [3.8, 4) is 0 Å². The minimum absolute atomic E-state index is 0.112. The molecule has 4 nitrogen and oxygen atoms in total. The van der Waals surface area contributed by atoms with E-state index in [0.29, 0.717) is 19.3 Å². The van der Waals surface area contributed by atoms with Gasteiger partial charge in [-0.1, -0.05) is 28.1 Å². The highest BCUT2D eigenvalue weighted by atomic mass is 79.9. The van der Waals surface area contributed by atoms with Crippen LogP contribution in [0.25, 0.3) is 0 Å². The minimum Gasteiger partial charge on any atom is -0.322 e. The third-order valence-corrected chi connectivity index (χ3v) is 3.59. The number of amides is 2. The number of benzene rings is 1. The number of imide groups is 1. The smallest absolute Gasteiger partial charge is 0.229 e. The molecule has 1 unspecified atom stereocenters. The number of halogens is 1. The molecule has 1 atom stereocenters. The molecule has 0 bridgehead atoms. The van der Waals surface area contributed by atoms with E-state index in [1.165, 1.54) is 4.90 Å². The van der Waals surface area contributed by atoms with E-state index in [0.717, 1.165) is 10.0 Å². The van der Waals surface area contributed by atoms with E-state index in [4.69, 9.17) is 5.73 Å². The van der Waals surface area contributed by atoms with Crippen LogP contribution in [0.4, 0.5) is 0 Å². The number of hydrogen-bond acceptors (Lipinski definition) is 3. The number of carbonyl (C=O) groups is 2. The van der Waals surface area contributed by atoms with Gasteiger partial charge in [-0.25, -0.2) is 0 Å². The number of hydrogen-bond donors (Lipinski definition) is 1. The molecule has 1 aromatic rings. The van der Waals surface area contributed by atoms with Crippen LogP contribution in [0.2, 0.25) is 0 Å². The van der Waals surface area contributed by atoms with Crippen molar-refractivity contribution in [2.45, 2.75) is 25.3 Å². The molecule has 0 spiro atoms. The van der Waals surface area contributed by atoms with Crippen LogP contribution in [0, 0.1) is 0 Å². The first-order valence-corrected chi connectivity index (χ1v) is 6.71. The van der Waals surface area contributed by atoms with Gasteiger partial charge in [-0.15, -0.1) is 0 Å². The van der Waals surface area contributed by atoms with Gasteiger partial charge in [-0.3, -0.25) is 14.5 Å². The van der Waals surface area contributed by atoms with E-state index in [2.05, 4.69) is 15.9 Å². The first kappa shape index (κ1) is 13.2. The Morgan fingerprint density at radius 2 is 1.72 bits per heavy atom. The fraction of sp³-hybridized carbons (Fsp3) is 0.385. The molecule has 0 radical (unpaired) electrons. The van der Waals surface area contributed by atoms with Crippen LogP contribution in [0.15, 0.2) is 28.7 Å². The molecule has 1 saturated heterocycles. The highest BCUT2D eigenvalue weighted by molar-refractivity contribution is 9.10. The van der Waals surface area contributed by atoms with Gasteiger partial charge >= 0.3 is 0 Å². The lowest BCUT2D eigenvalue weighted by Gasteiger charge is -2.27. The number of nitrogens with two attached hydrogens (primary N) is 1. The molecule has 1 aliphatic heterocycles. The lowest BCUT2D eigenvalue weighted by molar-refractivity contribution is -0.148. The van der Waals surface area contributed by atoms with Gasteiger partial charge in [0.2, 0.25) is 11.8 Å². The maximum absolute atomic E-state index is 11.7. The summed E-state index contributed by atoms with van der Waals surface area (Å²) >= 11 is 3.35. The summed E-state index contributed by atoms with van der Waals surface area (Å²) in [4.78, 5) is 24.6. The maximum atomic E-state index is 11.7. The second-order valence-electron chi connectivity index (χ2n) is 4.41. The minimum atomic E-state index is -0.330. The SMILES string of the molecule is NC(CN1C(=O)CCCC1=O)c1ccc(Br)cc1. The van der Waals surface area contributed by atoms with Crippen LogP contribution in [0.5, 0.6) is 0 Å². The number of rotatable bonds is 3. The van der Waals surface area contributed by atoms with Gasteiger partial charge < -0.3 is 5.73 Å². The van der Waals surface area contributed by atoms with Crippen molar-refractivity contribution in [1.82, 2.24) is 4.90 Å². The largest absolute Gasteiger partial charge is 0.322 e. The highest BCUT2D eigenvalue weighted by Crippen LogP contribution is 2.19. The number of likely N-dealkylation sites (tertiary alicyclic amines) is 1. The predicted molar refractivity (Wildman–Crippen MR) is 71.6 cm³/mol. The Morgan fingerprint density at radius 1 is 1.17 bits per heavy atom. The fourth-order valence-electron chi connectivity index (χ4n) is 2.02. The van der Waals surface area contributed by atoms with E-state index in [9.17, 15) is 9.59 Å². The van der Waals surface area contributed by atoms with E-state index in [1.807, 2.05) is 24.3 Å². The zero-order valence-electron chi connectivity index (χ0n) is 9.93. The molecule has 1 aromatic carbocycles. The average molecular weight is 311 g/mol. The zero-order valence-corrected chi connectivity index (χ0v) is 11.5. The molecule has 1 aliphatic rings. The summed E-state index contributed by atoms with van der Waals surface area (Å²) in [5, 5.41) is 0. The Morgan fingerprint density at radius 3 is 2.28 bits per heavy atom. The topological polar surface area (TPSA) is 63.4 Å². The van der Waals surface area contributed by atoms with Gasteiger partial charge in [0, 0.05) is 29.9 Å². The number of piperidine rings is 1. The Bertz CT molecular complexity index is 443. The van der Waals surface area contributed by atoms with Crippen LogP contribution >= 0.6 is 15.9 Å². The molecule has 5 heteroatoms. The average Bonchev–Trinajstić information content (AvgIpc) is 2.34. The summed E-state index contributed by atoms with van der Waals surface area (Å²) in [6, 6.07) is 7.26. The molecule has 0 aliphatic carbocycles. The molecule has 1 heterocycles. The number of nitrogens with zero attached hydrogens (tertiary/aromatic N) is 1. The normalized spacial score (nSPS) is 18.0. The van der Waals surface area contributed by atoms with Crippen molar-refractivity contribution < 1.29 is 9.59 Å². The molecule has 2 N–H and O–H groups in total. The van der Waals surface area contributed by atoms with E-state index in [1.54, 1.807) is 0 Å². The van der Waals surface area contributed by atoms with Crippen LogP contribution in [0.3, 0.4) is 0 Å². The first-order valence-electron chi connectivity index (χ1n) is 5.92. The summed E-state index contributed by atoms with van der Waals surface area (Å²) in [5.41, 5.74) is 6.96. The molecule has 2 rings (SSSR count). The van der Waals surface area contributed by atoms with E-state index >= 15 is 0 Å². The van der Waals surface area contributed by atoms with Crippen molar-refractivity contribution in [2.24, 2.45) is 5.73 Å². The van der Waals surface area contributed by atoms with Crippen LogP contribution in [0.1, 0.15) is 30.9 Å². The van der Waals surface area contributed by atoms with Crippen molar-refractivity contribution in [2.75, 3.05) is 6.54 Å². The number of carbonyl (C=O) groups excluding carboxylic acids is 2. The standard InChI is InChI=1S/C13H15BrN2O2/c14-10-6-4-9(5-7-10)11(15)8-16-12(17)2-1-3-13(16)18/h4-7,11H,1-3,8,15H2. The zero-order chi connectivity index (χ0) is 13.1. The molecule has 2 amide bonds. The van der Waals surface area contributed by atoms with Crippen molar-refractivity contribution >= 4 is 27.7 Å². The molecule has 0 aromatic heterocycles. The van der Waals surface area contributed by atoms with Gasteiger partial charge in [-0.2, -0.15) is 0 Å². The lowest BCUT2D eigenvalue weighted by Crippen LogP contribution is -2.43. The summed E-state index contributed by atoms with van der Waals surface area (Å²) in [6.07, 6.45) is 1.54. The van der Waals surface area contributed by atoms with Crippen molar-refractivity contribution in [1.29, 1.82) is 0 Å². The molecule has 0 saturated carbocycles. The fourth-order valence-corrected chi connectivity index (χ4v) is 2.28. The van der Waals surface area contributed by atoms with Crippen molar-refractivity contribution in [3.05, 3.63) is 34.3 Å². The predicted octanol–water partition coefficient (Wildman–Crippen LogP) is 1.99. The quantitative estimate of drug-likeness (QED) is 0.868. The summed E-state index contributed by atoms with van der Waals surface area (Å²) < 4.78 is 0.976. The molecule has 96 valence electrons. The monoisotopic (exact) mass is 310 g/mol. The Kier molecular flexibility index (Phi) is 4.14. The first-order chi connectivity index (χ1) is 8.58. The van der Waals surface area contributed by atoms with Crippen LogP contribution < -0.4 is 5.73 Å². The van der Waals surface area contributed by atoms with Crippen LogP contribution in [-0.2, 0) is 9.59 Å². The second-order valence-corrected chi connectivity index (χ2v) is 5.33. The third kappa shape index (κ3) is 2.97. The molecule has 18 heavy (non-hydrogen) atoms. The summed E-state index contributed by atoms with van der Waals surface area (Å²) in [6.45, 7) is 0.263. The van der Waals surface area contributed by atoms with Gasteiger partial charge in [0.1, 0.15) is 0 Å². The van der Waals surface area contributed by atoms with Crippen LogP contribution in [-0.4, -0.2) is 23.3 Å². The Labute approximate surface area is 114 Å². The molecular formula is C13H15BrN2O2. The Balaban J connectivity index is 2.06. The van der Waals surface area contributed by atoms with E-state index < -0.39 is 0 Å². The van der Waals surface area contributed by atoms with Gasteiger partial charge in [0.05, 0.1) is 0 Å². The van der Waals surface area contributed by atoms with E-state index in [-0.39, 0.29) is 24.4 Å². The van der Waals surface area contributed by atoms with Crippen molar-refractivity contribution in [3.63, 3.8) is 0 Å². The van der Waals surface area contributed by atoms with Gasteiger partial charge in [-0.05, 0) is 24.1 Å². The van der Waals surface area contributed by atoms with Gasteiger partial charge in [0.15, 0.2) is 0 Å². The third-order valence-electron chi connectivity index (χ3n) is 3.06. The molecular weight excluding hydrogens is 296 g/mol. The Hall–Kier alpha value is -1.20. The second kappa shape index (κ2) is 5.63. The summed E-state index contributed by atoms with van der Waals surface area (Å²) in [7, 11) is 0. The highest BCUT2D eigenvalue weighted by Gasteiger charge is 2.27. The lowest BCUT2D eigenvalue weighted by atomic mass is 10.0. The molecule has 1 fully saturated rings. The van der Waals surface area contributed by atoms with Gasteiger partial charge in [0.25, 0.3) is 0 Å².